The molecule has 1 N–H and O–H groups in total. The molecule has 156 valence electrons. The molecule has 2 aliphatic rings. The highest BCUT2D eigenvalue weighted by Gasteiger charge is 2.44. The number of hydrogen-bond acceptors (Lipinski definition) is 8. The Bertz CT molecular complexity index is 1260. The van der Waals surface area contributed by atoms with Crippen LogP contribution in [-0.2, 0) is 0 Å². The van der Waals surface area contributed by atoms with Crippen molar-refractivity contribution in [3.63, 3.8) is 0 Å². The van der Waals surface area contributed by atoms with Crippen molar-refractivity contribution in [2.75, 3.05) is 30.4 Å². The minimum absolute atomic E-state index is 0.574. The summed E-state index contributed by atoms with van der Waals surface area (Å²) in [5.74, 6) is 2.59. The number of fused-ring (bicyclic) bond motifs is 3. The number of likely N-dealkylation sites (tertiary alicyclic amines) is 1. The first kappa shape index (κ1) is 18.7. The van der Waals surface area contributed by atoms with E-state index < -0.39 is 0 Å². The molecule has 0 aliphatic carbocycles. The first-order valence-electron chi connectivity index (χ1n) is 10.5. The Balaban J connectivity index is 1.25. The van der Waals surface area contributed by atoms with E-state index in [1.807, 2.05) is 30.6 Å². The normalized spacial score (nSPS) is 20.6. The minimum Gasteiger partial charge on any atom is -0.348 e. The Morgan fingerprint density at radius 3 is 2.74 bits per heavy atom. The first-order valence-corrected chi connectivity index (χ1v) is 11.4. The lowest BCUT2D eigenvalue weighted by Crippen LogP contribution is -2.68. The smallest absolute Gasteiger partial charge is 0.143 e. The lowest BCUT2D eigenvalue weighted by Gasteiger charge is -2.56. The lowest BCUT2D eigenvalue weighted by atomic mass is 9.88. The van der Waals surface area contributed by atoms with E-state index in [0.717, 1.165) is 57.0 Å². The highest BCUT2D eigenvalue weighted by Crippen LogP contribution is 2.36. The van der Waals surface area contributed by atoms with Gasteiger partial charge in [0.05, 0.1) is 10.2 Å². The topological polar surface area (TPSA) is 70.1 Å². The number of anilines is 3. The summed E-state index contributed by atoms with van der Waals surface area (Å²) in [5.41, 5.74) is 2.97. The predicted octanol–water partition coefficient (Wildman–Crippen LogP) is 4.09. The van der Waals surface area contributed by atoms with Crippen molar-refractivity contribution < 1.29 is 0 Å². The van der Waals surface area contributed by atoms with Gasteiger partial charge in [-0.15, -0.1) is 11.3 Å². The number of pyridine rings is 3. The fourth-order valence-corrected chi connectivity index (χ4v) is 5.65. The fraction of sp³-hybridized carbons (Fsp3) is 0.304. The van der Waals surface area contributed by atoms with Gasteiger partial charge in [-0.3, -0.25) is 4.98 Å². The molecule has 0 spiro atoms. The van der Waals surface area contributed by atoms with E-state index in [1.165, 1.54) is 6.42 Å². The Labute approximate surface area is 184 Å². The zero-order chi connectivity index (χ0) is 20.9. The molecule has 2 unspecified atom stereocenters. The average Bonchev–Trinajstić information content (AvgIpc) is 3.17. The zero-order valence-corrected chi connectivity index (χ0v) is 18.3. The van der Waals surface area contributed by atoms with Crippen LogP contribution in [0, 0.1) is 6.92 Å². The van der Waals surface area contributed by atoms with Gasteiger partial charge in [0.2, 0.25) is 0 Å². The molecular weight excluding hydrogens is 406 g/mol. The van der Waals surface area contributed by atoms with Crippen LogP contribution in [0.4, 0.5) is 17.5 Å². The molecular formula is C23H23N7S. The number of piperazine rings is 1. The van der Waals surface area contributed by atoms with Crippen molar-refractivity contribution in [1.29, 1.82) is 0 Å². The van der Waals surface area contributed by atoms with Crippen molar-refractivity contribution in [3.05, 3.63) is 54.4 Å². The monoisotopic (exact) mass is 429 g/mol. The molecule has 2 saturated heterocycles. The second kappa shape index (κ2) is 7.25. The molecule has 2 fully saturated rings. The molecule has 4 aromatic rings. The van der Waals surface area contributed by atoms with E-state index in [1.54, 1.807) is 11.3 Å². The van der Waals surface area contributed by atoms with Crippen LogP contribution in [0.5, 0.6) is 0 Å². The van der Waals surface area contributed by atoms with Crippen molar-refractivity contribution in [3.8, 4) is 10.7 Å². The number of piperidine rings is 1. The number of nitrogens with zero attached hydrogens (tertiary/aromatic N) is 6. The van der Waals surface area contributed by atoms with Gasteiger partial charge >= 0.3 is 0 Å². The van der Waals surface area contributed by atoms with Crippen LogP contribution in [0.15, 0.2) is 48.8 Å². The van der Waals surface area contributed by atoms with Crippen LogP contribution in [0.2, 0.25) is 0 Å². The molecule has 2 bridgehead atoms. The Morgan fingerprint density at radius 1 is 1.03 bits per heavy atom. The molecule has 2 aliphatic heterocycles. The molecule has 31 heavy (non-hydrogen) atoms. The van der Waals surface area contributed by atoms with Gasteiger partial charge in [-0.25, -0.2) is 15.0 Å². The number of likely N-dealkylation sites (N-methyl/N-ethyl adjacent to an activating group) is 1. The largest absolute Gasteiger partial charge is 0.348 e. The third-order valence-corrected chi connectivity index (χ3v) is 7.13. The van der Waals surface area contributed by atoms with Gasteiger partial charge in [-0.05, 0) is 44.2 Å². The highest BCUT2D eigenvalue weighted by atomic mass is 32.1. The van der Waals surface area contributed by atoms with E-state index in [-0.39, 0.29) is 0 Å². The minimum atomic E-state index is 0.574. The third-order valence-electron chi connectivity index (χ3n) is 6.12. The number of rotatable bonds is 4. The molecule has 7 nitrogen and oxygen atoms in total. The Kier molecular flexibility index (Phi) is 4.36. The number of thiazole rings is 1. The molecule has 0 saturated carbocycles. The van der Waals surface area contributed by atoms with E-state index in [0.29, 0.717) is 12.1 Å². The summed E-state index contributed by atoms with van der Waals surface area (Å²) in [7, 11) is 2.20. The molecule has 8 heteroatoms. The average molecular weight is 430 g/mol. The predicted molar refractivity (Wildman–Crippen MR) is 125 cm³/mol. The quantitative estimate of drug-likeness (QED) is 0.524. The van der Waals surface area contributed by atoms with Gasteiger partial charge in [0, 0.05) is 43.6 Å². The maximum absolute atomic E-state index is 4.87. The van der Waals surface area contributed by atoms with Gasteiger partial charge in [0.1, 0.15) is 28.2 Å². The molecule has 0 amide bonds. The molecule has 6 rings (SSSR count). The van der Waals surface area contributed by atoms with Gasteiger partial charge in [-0.1, -0.05) is 12.1 Å². The van der Waals surface area contributed by atoms with E-state index >= 15 is 0 Å². The lowest BCUT2D eigenvalue weighted by molar-refractivity contribution is 0.139. The molecule has 0 aromatic carbocycles. The van der Waals surface area contributed by atoms with Crippen molar-refractivity contribution in [2.45, 2.75) is 25.4 Å². The van der Waals surface area contributed by atoms with Gasteiger partial charge in [-0.2, -0.15) is 0 Å². The van der Waals surface area contributed by atoms with Gasteiger partial charge in [0.15, 0.2) is 0 Å². The summed E-state index contributed by atoms with van der Waals surface area (Å²) < 4.78 is 1.05. The van der Waals surface area contributed by atoms with Crippen LogP contribution >= 0.6 is 11.3 Å². The standard InChI is InChI=1S/C23H23N7S/c1-14-5-4-8-24-22(14)23-26-17-10-20(25-11-18(17)31-23)27-19-6-3-7-21(28-19)30-15-9-16(30)13-29(2)12-15/h3-8,10-11,15-16H,9,12-13H2,1-2H3,(H,25,27,28). The Morgan fingerprint density at radius 2 is 1.90 bits per heavy atom. The van der Waals surface area contributed by atoms with Crippen LogP contribution in [0.3, 0.4) is 0 Å². The van der Waals surface area contributed by atoms with Crippen LogP contribution in [-0.4, -0.2) is 57.1 Å². The van der Waals surface area contributed by atoms with Crippen LogP contribution in [0.25, 0.3) is 20.9 Å². The van der Waals surface area contributed by atoms with Crippen molar-refractivity contribution in [1.82, 2.24) is 24.8 Å². The summed E-state index contributed by atoms with van der Waals surface area (Å²) in [4.78, 5) is 23.6. The summed E-state index contributed by atoms with van der Waals surface area (Å²) in [6.07, 6.45) is 4.95. The first-order chi connectivity index (χ1) is 15.1. The van der Waals surface area contributed by atoms with E-state index in [9.17, 15) is 0 Å². The highest BCUT2D eigenvalue weighted by molar-refractivity contribution is 7.21. The SMILES string of the molecule is Cc1cccnc1-c1nc2cc(Nc3cccc(N4C5CC4CN(C)C5)n3)ncc2s1. The van der Waals surface area contributed by atoms with Crippen molar-refractivity contribution >= 4 is 39.0 Å². The molecule has 2 atom stereocenters. The second-order valence-electron chi connectivity index (χ2n) is 8.40. The van der Waals surface area contributed by atoms with Crippen molar-refractivity contribution in [2.24, 2.45) is 0 Å². The molecule has 4 aromatic heterocycles. The zero-order valence-electron chi connectivity index (χ0n) is 17.5. The summed E-state index contributed by atoms with van der Waals surface area (Å²) >= 11 is 1.62. The van der Waals surface area contributed by atoms with E-state index in [2.05, 4.69) is 57.3 Å². The number of nitrogens with one attached hydrogen (secondary N) is 1. The summed E-state index contributed by atoms with van der Waals surface area (Å²) in [6.45, 7) is 4.27. The number of aryl methyl sites for hydroxylation is 1. The van der Waals surface area contributed by atoms with Crippen LogP contribution in [0.1, 0.15) is 12.0 Å². The Hall–Kier alpha value is -3.10. The maximum atomic E-state index is 4.87. The van der Waals surface area contributed by atoms with Crippen LogP contribution < -0.4 is 10.2 Å². The summed E-state index contributed by atoms with van der Waals surface area (Å²) in [5, 5.41) is 4.28. The number of aromatic nitrogens is 4. The van der Waals surface area contributed by atoms with Gasteiger partial charge < -0.3 is 15.1 Å². The second-order valence-corrected chi connectivity index (χ2v) is 9.43. The number of hydrogen-bond donors (Lipinski definition) is 1. The van der Waals surface area contributed by atoms with E-state index in [4.69, 9.17) is 9.97 Å². The van der Waals surface area contributed by atoms with Gasteiger partial charge in [0.25, 0.3) is 0 Å². The summed E-state index contributed by atoms with van der Waals surface area (Å²) in [6, 6.07) is 13.3. The molecule has 6 heterocycles. The maximum Gasteiger partial charge on any atom is 0.143 e. The fourth-order valence-electron chi connectivity index (χ4n) is 4.68. The third kappa shape index (κ3) is 3.32. The molecule has 0 radical (unpaired) electrons.